The maximum absolute atomic E-state index is 5.54. The second-order valence-electron chi connectivity index (χ2n) is 4.35. The largest absolute Gasteiger partial charge is 0.466 e. The second kappa shape index (κ2) is 4.18. The zero-order valence-electron chi connectivity index (χ0n) is 9.10. The first-order valence-electron chi connectivity index (χ1n) is 5.52. The Hall–Kier alpha value is -0.760. The highest BCUT2D eigenvalue weighted by Gasteiger charge is 2.15. The lowest BCUT2D eigenvalue weighted by molar-refractivity contribution is 0.373. The molecule has 1 aliphatic heterocycles. The molecule has 2 nitrogen and oxygen atoms in total. The van der Waals surface area contributed by atoms with Crippen LogP contribution in [0.4, 0.5) is 0 Å². The quantitative estimate of drug-likeness (QED) is 0.780. The Kier molecular flexibility index (Phi) is 2.92. The number of rotatable bonds is 2. The van der Waals surface area contributed by atoms with E-state index in [2.05, 4.69) is 18.3 Å². The van der Waals surface area contributed by atoms with Crippen LogP contribution in [0.25, 0.3) is 0 Å². The van der Waals surface area contributed by atoms with E-state index in [1.165, 1.54) is 37.9 Å². The molecule has 1 fully saturated rings. The van der Waals surface area contributed by atoms with Gasteiger partial charge in [0.05, 0.1) is 0 Å². The Morgan fingerprint density at radius 3 is 2.93 bits per heavy atom. The van der Waals surface area contributed by atoms with Crippen molar-refractivity contribution in [1.29, 1.82) is 0 Å². The van der Waals surface area contributed by atoms with Gasteiger partial charge in [0.15, 0.2) is 0 Å². The van der Waals surface area contributed by atoms with Crippen LogP contribution in [0.5, 0.6) is 0 Å². The molecule has 0 bridgehead atoms. The van der Waals surface area contributed by atoms with Crippen molar-refractivity contribution in [2.24, 2.45) is 5.92 Å². The summed E-state index contributed by atoms with van der Waals surface area (Å²) in [6, 6.07) is 2.18. The molecule has 1 atom stereocenters. The number of furan rings is 1. The van der Waals surface area contributed by atoms with Crippen molar-refractivity contribution in [3.05, 3.63) is 23.2 Å². The van der Waals surface area contributed by atoms with Gasteiger partial charge in [-0.25, -0.2) is 0 Å². The summed E-state index contributed by atoms with van der Waals surface area (Å²) in [7, 11) is 0. The van der Waals surface area contributed by atoms with Gasteiger partial charge >= 0.3 is 0 Å². The van der Waals surface area contributed by atoms with Crippen LogP contribution < -0.4 is 5.32 Å². The molecule has 0 radical (unpaired) electrons. The fourth-order valence-electron chi connectivity index (χ4n) is 2.30. The second-order valence-corrected chi connectivity index (χ2v) is 4.35. The molecule has 0 aliphatic carbocycles. The molecule has 0 aromatic carbocycles. The Balaban J connectivity index is 1.98. The maximum atomic E-state index is 5.54. The molecule has 1 saturated heterocycles. The van der Waals surface area contributed by atoms with Gasteiger partial charge in [-0.3, -0.25) is 0 Å². The van der Waals surface area contributed by atoms with Gasteiger partial charge < -0.3 is 9.73 Å². The Morgan fingerprint density at radius 1 is 1.50 bits per heavy atom. The molecule has 2 heteroatoms. The van der Waals surface area contributed by atoms with Crippen LogP contribution >= 0.6 is 0 Å². The van der Waals surface area contributed by atoms with Crippen molar-refractivity contribution in [2.45, 2.75) is 33.1 Å². The van der Waals surface area contributed by atoms with E-state index in [0.29, 0.717) is 0 Å². The minimum absolute atomic E-state index is 0.805. The minimum Gasteiger partial charge on any atom is -0.466 e. The first-order chi connectivity index (χ1) is 6.75. The molecule has 1 unspecified atom stereocenters. The van der Waals surface area contributed by atoms with E-state index in [1.54, 1.807) is 0 Å². The highest BCUT2D eigenvalue weighted by molar-refractivity contribution is 5.20. The zero-order chi connectivity index (χ0) is 9.97. The van der Waals surface area contributed by atoms with Crippen molar-refractivity contribution >= 4 is 0 Å². The van der Waals surface area contributed by atoms with Crippen molar-refractivity contribution < 1.29 is 4.42 Å². The lowest BCUT2D eigenvalue weighted by Crippen LogP contribution is -2.30. The summed E-state index contributed by atoms with van der Waals surface area (Å²) in [6.07, 6.45) is 3.85. The van der Waals surface area contributed by atoms with Gasteiger partial charge in [0.25, 0.3) is 0 Å². The van der Waals surface area contributed by atoms with E-state index in [-0.39, 0.29) is 0 Å². The van der Waals surface area contributed by atoms with E-state index in [1.807, 2.05) is 6.92 Å². The molecule has 78 valence electrons. The van der Waals surface area contributed by atoms with Gasteiger partial charge in [-0.15, -0.1) is 0 Å². The molecule has 0 saturated carbocycles. The number of nitrogens with one attached hydrogen (secondary N) is 1. The summed E-state index contributed by atoms with van der Waals surface area (Å²) in [5.41, 5.74) is 1.40. The molecule has 14 heavy (non-hydrogen) atoms. The summed E-state index contributed by atoms with van der Waals surface area (Å²) in [5.74, 6) is 2.95. The van der Waals surface area contributed by atoms with Crippen LogP contribution in [0.15, 0.2) is 10.5 Å². The number of piperidine rings is 1. The first-order valence-corrected chi connectivity index (χ1v) is 5.52. The highest BCUT2D eigenvalue weighted by atomic mass is 16.3. The Bertz CT molecular complexity index is 297. The summed E-state index contributed by atoms with van der Waals surface area (Å²) in [4.78, 5) is 0. The highest BCUT2D eigenvalue weighted by Crippen LogP contribution is 2.21. The predicted molar refractivity (Wildman–Crippen MR) is 57.5 cm³/mol. The number of aryl methyl sites for hydroxylation is 2. The van der Waals surface area contributed by atoms with Crippen LogP contribution in [-0.2, 0) is 6.42 Å². The third-order valence-corrected chi connectivity index (χ3v) is 3.05. The molecule has 2 heterocycles. The van der Waals surface area contributed by atoms with Gasteiger partial charge in [0.2, 0.25) is 0 Å². The van der Waals surface area contributed by atoms with Crippen LogP contribution in [0.2, 0.25) is 0 Å². The average molecular weight is 193 g/mol. The monoisotopic (exact) mass is 193 g/mol. The van der Waals surface area contributed by atoms with Gasteiger partial charge in [-0.2, -0.15) is 0 Å². The topological polar surface area (TPSA) is 25.2 Å². The molecule has 2 rings (SSSR count). The van der Waals surface area contributed by atoms with Gasteiger partial charge in [-0.1, -0.05) is 0 Å². The summed E-state index contributed by atoms with van der Waals surface area (Å²) in [6.45, 7) is 6.46. The van der Waals surface area contributed by atoms with E-state index in [9.17, 15) is 0 Å². The van der Waals surface area contributed by atoms with Crippen LogP contribution in [0, 0.1) is 19.8 Å². The van der Waals surface area contributed by atoms with Gasteiger partial charge in [0, 0.05) is 0 Å². The van der Waals surface area contributed by atoms with E-state index in [0.717, 1.165) is 17.4 Å². The fraction of sp³-hybridized carbons (Fsp3) is 0.667. The number of hydrogen-bond acceptors (Lipinski definition) is 2. The molecule has 1 aromatic heterocycles. The third-order valence-electron chi connectivity index (χ3n) is 3.05. The Labute approximate surface area is 85.7 Å². The number of hydrogen-bond donors (Lipinski definition) is 1. The molecule has 0 amide bonds. The lowest BCUT2D eigenvalue weighted by Gasteiger charge is -2.22. The maximum Gasteiger partial charge on any atom is 0.104 e. The predicted octanol–water partition coefficient (Wildman–Crippen LogP) is 2.44. The molecule has 1 aliphatic rings. The fourth-order valence-corrected chi connectivity index (χ4v) is 2.30. The molecule has 1 aromatic rings. The first kappa shape index (κ1) is 9.78. The van der Waals surface area contributed by atoms with E-state index >= 15 is 0 Å². The van der Waals surface area contributed by atoms with Crippen molar-refractivity contribution in [1.82, 2.24) is 5.32 Å². The summed E-state index contributed by atoms with van der Waals surface area (Å²) < 4.78 is 5.54. The summed E-state index contributed by atoms with van der Waals surface area (Å²) >= 11 is 0. The standard InChI is InChI=1S/C12H19NO/c1-9-6-12(10(2)14-9)7-11-4-3-5-13-8-11/h6,11,13H,3-5,7-8H2,1-2H3. The zero-order valence-corrected chi connectivity index (χ0v) is 9.10. The van der Waals surface area contributed by atoms with Gasteiger partial charge in [-0.05, 0) is 63.7 Å². The van der Waals surface area contributed by atoms with Crippen molar-refractivity contribution in [3.8, 4) is 0 Å². The third kappa shape index (κ3) is 2.18. The van der Waals surface area contributed by atoms with Crippen LogP contribution in [0.3, 0.4) is 0 Å². The Morgan fingerprint density at radius 2 is 2.36 bits per heavy atom. The minimum atomic E-state index is 0.805. The molecular formula is C12H19NO. The normalized spacial score (nSPS) is 22.6. The van der Waals surface area contributed by atoms with Crippen LogP contribution in [-0.4, -0.2) is 13.1 Å². The smallest absolute Gasteiger partial charge is 0.104 e. The SMILES string of the molecule is Cc1cc(CC2CCCNC2)c(C)o1. The summed E-state index contributed by atoms with van der Waals surface area (Å²) in [5, 5.41) is 3.45. The molecule has 1 N–H and O–H groups in total. The van der Waals surface area contributed by atoms with Crippen molar-refractivity contribution in [3.63, 3.8) is 0 Å². The molecular weight excluding hydrogens is 174 g/mol. The van der Waals surface area contributed by atoms with Crippen molar-refractivity contribution in [2.75, 3.05) is 13.1 Å². The van der Waals surface area contributed by atoms with Crippen LogP contribution in [0.1, 0.15) is 29.9 Å². The molecule has 0 spiro atoms. The van der Waals surface area contributed by atoms with E-state index < -0.39 is 0 Å². The average Bonchev–Trinajstić information content (AvgIpc) is 2.47. The van der Waals surface area contributed by atoms with Gasteiger partial charge in [0.1, 0.15) is 11.5 Å². The van der Waals surface area contributed by atoms with E-state index in [4.69, 9.17) is 4.42 Å². The lowest BCUT2D eigenvalue weighted by atomic mass is 9.92.